The van der Waals surface area contributed by atoms with Crippen LogP contribution in [-0.2, 0) is 13.0 Å². The standard InChI is InChI=1S/C13H21N3/c1-3-5-6-10-16-11-13(15-12-16)7-9-14-8-4-2/h1,11-12,14H,4-10H2,2H3. The Morgan fingerprint density at radius 3 is 3.12 bits per heavy atom. The fourth-order valence-electron chi connectivity index (χ4n) is 1.54. The van der Waals surface area contributed by atoms with Crippen molar-refractivity contribution in [1.82, 2.24) is 14.9 Å². The fraction of sp³-hybridized carbons (Fsp3) is 0.615. The van der Waals surface area contributed by atoms with Crippen molar-refractivity contribution in [2.24, 2.45) is 0 Å². The minimum absolute atomic E-state index is 0.839. The molecule has 1 N–H and O–H groups in total. The molecule has 0 aliphatic carbocycles. The zero-order chi connectivity index (χ0) is 11.6. The van der Waals surface area contributed by atoms with Gasteiger partial charge in [0.2, 0.25) is 0 Å². The van der Waals surface area contributed by atoms with Crippen LogP contribution in [0.15, 0.2) is 12.5 Å². The fourth-order valence-corrected chi connectivity index (χ4v) is 1.54. The zero-order valence-electron chi connectivity index (χ0n) is 10.1. The van der Waals surface area contributed by atoms with Crippen LogP contribution in [0.2, 0.25) is 0 Å². The number of terminal acetylenes is 1. The normalized spacial score (nSPS) is 10.2. The van der Waals surface area contributed by atoms with Crippen LogP contribution in [0.3, 0.4) is 0 Å². The van der Waals surface area contributed by atoms with E-state index in [9.17, 15) is 0 Å². The summed E-state index contributed by atoms with van der Waals surface area (Å²) in [6, 6.07) is 0. The van der Waals surface area contributed by atoms with Gasteiger partial charge in [0, 0.05) is 32.1 Å². The highest BCUT2D eigenvalue weighted by atomic mass is 15.0. The van der Waals surface area contributed by atoms with Crippen molar-refractivity contribution in [3.63, 3.8) is 0 Å². The lowest BCUT2D eigenvalue weighted by Crippen LogP contribution is -2.17. The topological polar surface area (TPSA) is 29.9 Å². The summed E-state index contributed by atoms with van der Waals surface area (Å²) in [5, 5.41) is 3.37. The maximum atomic E-state index is 5.21. The van der Waals surface area contributed by atoms with Gasteiger partial charge in [0.1, 0.15) is 0 Å². The van der Waals surface area contributed by atoms with Crippen molar-refractivity contribution in [3.05, 3.63) is 18.2 Å². The van der Waals surface area contributed by atoms with Crippen molar-refractivity contribution in [1.29, 1.82) is 0 Å². The van der Waals surface area contributed by atoms with Gasteiger partial charge in [-0.25, -0.2) is 4.98 Å². The third kappa shape index (κ3) is 4.99. The highest BCUT2D eigenvalue weighted by molar-refractivity contribution is 4.97. The first-order chi connectivity index (χ1) is 7.86. The van der Waals surface area contributed by atoms with Crippen molar-refractivity contribution in [2.75, 3.05) is 13.1 Å². The summed E-state index contributed by atoms with van der Waals surface area (Å²) in [5.74, 6) is 2.65. The van der Waals surface area contributed by atoms with Crippen molar-refractivity contribution >= 4 is 0 Å². The summed E-state index contributed by atoms with van der Waals surface area (Å²) >= 11 is 0. The first-order valence-electron chi connectivity index (χ1n) is 6.01. The summed E-state index contributed by atoms with van der Waals surface area (Å²) in [7, 11) is 0. The lowest BCUT2D eigenvalue weighted by Gasteiger charge is -2.00. The number of imidazole rings is 1. The first-order valence-corrected chi connectivity index (χ1v) is 6.01. The second kappa shape index (κ2) is 7.95. The van der Waals surface area contributed by atoms with E-state index in [2.05, 4.69) is 33.9 Å². The van der Waals surface area contributed by atoms with E-state index >= 15 is 0 Å². The van der Waals surface area contributed by atoms with E-state index in [1.807, 2.05) is 6.33 Å². The Balaban J connectivity index is 2.20. The van der Waals surface area contributed by atoms with E-state index in [0.717, 1.165) is 44.6 Å². The molecule has 1 heterocycles. The van der Waals surface area contributed by atoms with E-state index in [1.165, 1.54) is 6.42 Å². The van der Waals surface area contributed by atoms with Gasteiger partial charge in [-0.15, -0.1) is 12.3 Å². The lowest BCUT2D eigenvalue weighted by atomic mass is 10.3. The van der Waals surface area contributed by atoms with Crippen LogP contribution in [-0.4, -0.2) is 22.6 Å². The monoisotopic (exact) mass is 219 g/mol. The summed E-state index contributed by atoms with van der Waals surface area (Å²) in [6.07, 6.45) is 13.3. The van der Waals surface area contributed by atoms with E-state index < -0.39 is 0 Å². The largest absolute Gasteiger partial charge is 0.337 e. The van der Waals surface area contributed by atoms with Gasteiger partial charge in [-0.2, -0.15) is 0 Å². The van der Waals surface area contributed by atoms with Crippen LogP contribution in [0.4, 0.5) is 0 Å². The minimum Gasteiger partial charge on any atom is -0.337 e. The molecule has 16 heavy (non-hydrogen) atoms. The summed E-state index contributed by atoms with van der Waals surface area (Å²) < 4.78 is 2.12. The number of rotatable bonds is 8. The second-order valence-electron chi connectivity index (χ2n) is 3.91. The van der Waals surface area contributed by atoms with Crippen molar-refractivity contribution < 1.29 is 0 Å². The number of unbranched alkanes of at least 4 members (excludes halogenated alkanes) is 1. The molecule has 0 bridgehead atoms. The molecule has 0 aliphatic heterocycles. The average molecular weight is 219 g/mol. The molecule has 0 spiro atoms. The number of hydrogen-bond donors (Lipinski definition) is 1. The molecule has 1 rings (SSSR count). The van der Waals surface area contributed by atoms with E-state index in [1.54, 1.807) is 0 Å². The van der Waals surface area contributed by atoms with Crippen LogP contribution in [0.1, 0.15) is 31.9 Å². The molecule has 88 valence electrons. The number of aryl methyl sites for hydroxylation is 1. The number of aromatic nitrogens is 2. The van der Waals surface area contributed by atoms with Crippen LogP contribution >= 0.6 is 0 Å². The Kier molecular flexibility index (Phi) is 6.36. The molecule has 3 nitrogen and oxygen atoms in total. The predicted octanol–water partition coefficient (Wildman–Crippen LogP) is 1.84. The molecule has 0 aromatic carbocycles. The molecule has 0 fully saturated rings. The van der Waals surface area contributed by atoms with Crippen LogP contribution < -0.4 is 5.32 Å². The number of nitrogens with zero attached hydrogens (tertiary/aromatic N) is 2. The highest BCUT2D eigenvalue weighted by Gasteiger charge is 1.98. The third-order valence-electron chi connectivity index (χ3n) is 2.41. The lowest BCUT2D eigenvalue weighted by molar-refractivity contribution is 0.651. The van der Waals surface area contributed by atoms with Gasteiger partial charge in [0.15, 0.2) is 0 Å². The molecule has 3 heteroatoms. The molecular weight excluding hydrogens is 198 g/mol. The Labute approximate surface area is 98.3 Å². The van der Waals surface area contributed by atoms with Crippen LogP contribution in [0.25, 0.3) is 0 Å². The predicted molar refractivity (Wildman–Crippen MR) is 67.2 cm³/mol. The van der Waals surface area contributed by atoms with Gasteiger partial charge in [-0.1, -0.05) is 6.92 Å². The van der Waals surface area contributed by atoms with Crippen LogP contribution in [0.5, 0.6) is 0 Å². The minimum atomic E-state index is 0.839. The number of nitrogens with one attached hydrogen (secondary N) is 1. The third-order valence-corrected chi connectivity index (χ3v) is 2.41. The van der Waals surface area contributed by atoms with Gasteiger partial charge in [-0.05, 0) is 19.4 Å². The summed E-state index contributed by atoms with van der Waals surface area (Å²) in [6.45, 7) is 5.24. The molecule has 0 saturated carbocycles. The van der Waals surface area contributed by atoms with Gasteiger partial charge in [0.05, 0.1) is 12.0 Å². The smallest absolute Gasteiger partial charge is 0.0949 e. The molecule has 0 aliphatic rings. The maximum absolute atomic E-state index is 5.21. The quantitative estimate of drug-likeness (QED) is 0.534. The molecule has 0 saturated heterocycles. The zero-order valence-corrected chi connectivity index (χ0v) is 10.1. The van der Waals surface area contributed by atoms with Crippen LogP contribution in [0, 0.1) is 12.3 Å². The van der Waals surface area contributed by atoms with Gasteiger partial charge in [-0.3, -0.25) is 0 Å². The highest BCUT2D eigenvalue weighted by Crippen LogP contribution is 1.99. The Morgan fingerprint density at radius 2 is 2.38 bits per heavy atom. The van der Waals surface area contributed by atoms with Gasteiger partial charge >= 0.3 is 0 Å². The SMILES string of the molecule is C#CCCCn1cnc(CCNCCC)c1. The first kappa shape index (κ1) is 12.8. The summed E-state index contributed by atoms with van der Waals surface area (Å²) in [4.78, 5) is 4.36. The molecule has 0 unspecified atom stereocenters. The molecule has 1 aromatic heterocycles. The maximum Gasteiger partial charge on any atom is 0.0949 e. The van der Waals surface area contributed by atoms with E-state index in [0.29, 0.717) is 0 Å². The van der Waals surface area contributed by atoms with Gasteiger partial charge < -0.3 is 9.88 Å². The molecule has 1 aromatic rings. The molecule has 0 radical (unpaired) electrons. The molecule has 0 atom stereocenters. The Bertz CT molecular complexity index is 322. The molecule has 0 amide bonds. The van der Waals surface area contributed by atoms with E-state index in [-0.39, 0.29) is 0 Å². The Morgan fingerprint density at radius 1 is 1.50 bits per heavy atom. The average Bonchev–Trinajstić information content (AvgIpc) is 2.73. The second-order valence-corrected chi connectivity index (χ2v) is 3.91. The summed E-state index contributed by atoms with van der Waals surface area (Å²) in [5.41, 5.74) is 1.16. The van der Waals surface area contributed by atoms with Crippen molar-refractivity contribution in [3.8, 4) is 12.3 Å². The van der Waals surface area contributed by atoms with E-state index in [4.69, 9.17) is 6.42 Å². The van der Waals surface area contributed by atoms with Crippen molar-refractivity contribution in [2.45, 2.75) is 39.2 Å². The van der Waals surface area contributed by atoms with Gasteiger partial charge in [0.25, 0.3) is 0 Å². The number of hydrogen-bond acceptors (Lipinski definition) is 2. The Hall–Kier alpha value is -1.27. The molecular formula is C13H21N3.